The van der Waals surface area contributed by atoms with Gasteiger partial charge in [-0.1, -0.05) is 0 Å². The van der Waals surface area contributed by atoms with E-state index in [0.29, 0.717) is 0 Å². The van der Waals surface area contributed by atoms with Gasteiger partial charge in [-0.15, -0.1) is 0 Å². The van der Waals surface area contributed by atoms with E-state index in [1.165, 1.54) is 0 Å². The molecule has 0 radical (unpaired) electrons. The van der Waals surface area contributed by atoms with E-state index in [-0.39, 0.29) is 35.6 Å². The van der Waals surface area contributed by atoms with Crippen molar-refractivity contribution >= 4 is 22.1 Å². The van der Waals surface area contributed by atoms with Crippen LogP contribution in [0.5, 0.6) is 0 Å². The van der Waals surface area contributed by atoms with Gasteiger partial charge in [0.25, 0.3) is 0 Å². The van der Waals surface area contributed by atoms with E-state index in [1.54, 1.807) is 0 Å². The predicted octanol–water partition coefficient (Wildman–Crippen LogP) is -4.23. The zero-order valence-corrected chi connectivity index (χ0v) is 11.2. The second-order valence-electron chi connectivity index (χ2n) is 1.98. The molecule has 0 saturated carbocycles. The average molecular weight is 246 g/mol. The van der Waals surface area contributed by atoms with Crippen LogP contribution in [0, 0.1) is 0 Å². The summed E-state index contributed by atoms with van der Waals surface area (Å²) in [6, 6.07) is 0. The van der Waals surface area contributed by atoms with Crippen molar-refractivity contribution in [2.75, 3.05) is 14.2 Å². The topological polar surface area (TPSA) is 110 Å². The summed E-state index contributed by atoms with van der Waals surface area (Å²) in [7, 11) is -3.21. The maximum absolute atomic E-state index is 10.7. The Balaban J connectivity index is 0. The first-order valence-electron chi connectivity index (χ1n) is 3.16. The van der Waals surface area contributed by atoms with Gasteiger partial charge in [0.15, 0.2) is 0 Å². The summed E-state index contributed by atoms with van der Waals surface area (Å²) >= 11 is 0. The van der Waals surface area contributed by atoms with E-state index in [2.05, 4.69) is 9.47 Å². The summed E-state index contributed by atoms with van der Waals surface area (Å²) in [5.41, 5.74) is 0. The predicted molar refractivity (Wildman–Crippen MR) is 41.8 cm³/mol. The molecule has 0 saturated heterocycles. The zero-order valence-electron chi connectivity index (χ0n) is 8.34. The minimum atomic E-state index is -5.05. The Labute approximate surface area is 108 Å². The second kappa shape index (κ2) is 6.96. The molecule has 0 atom stereocenters. The fourth-order valence-electron chi connectivity index (χ4n) is 0.500. The van der Waals surface area contributed by atoms with Crippen LogP contribution in [-0.4, -0.2) is 39.1 Å². The van der Waals surface area contributed by atoms with Gasteiger partial charge < -0.3 is 14.0 Å². The van der Waals surface area contributed by atoms with Crippen molar-refractivity contribution in [2.24, 2.45) is 0 Å². The van der Waals surface area contributed by atoms with E-state index in [9.17, 15) is 22.6 Å². The molecular weight excluding hydrogens is 239 g/mol. The molecule has 0 unspecified atom stereocenters. The number of hydrogen-bond acceptors (Lipinski definition) is 7. The Bertz CT molecular complexity index is 369. The van der Waals surface area contributed by atoms with E-state index >= 15 is 0 Å². The Hall–Kier alpha value is -0.410. The Morgan fingerprint density at radius 1 is 1.20 bits per heavy atom. The standard InChI is InChI=1S/C6H8O7S.Na/c1-12-5(7)3-4(6(8)13-2)14(9,10)11;/h3H,1-2H3,(H,9,10,11);/q;+1/p-1/b4-3-;. The van der Waals surface area contributed by atoms with Gasteiger partial charge in [-0.05, 0) is 0 Å². The molecule has 0 aliphatic carbocycles. The van der Waals surface area contributed by atoms with Gasteiger partial charge in [0.05, 0.1) is 14.2 Å². The van der Waals surface area contributed by atoms with Crippen molar-refractivity contribution in [2.45, 2.75) is 0 Å². The molecule has 0 bridgehead atoms. The Morgan fingerprint density at radius 3 is 1.93 bits per heavy atom. The summed E-state index contributed by atoms with van der Waals surface area (Å²) in [5.74, 6) is -2.55. The van der Waals surface area contributed by atoms with Crippen LogP contribution >= 0.6 is 0 Å². The van der Waals surface area contributed by atoms with Crippen molar-refractivity contribution in [3.05, 3.63) is 11.0 Å². The number of carbonyl (C=O) groups excluding carboxylic acids is 2. The summed E-state index contributed by atoms with van der Waals surface area (Å²) in [6.07, 6.45) is 0.258. The summed E-state index contributed by atoms with van der Waals surface area (Å²) in [4.78, 5) is 20.0. The van der Waals surface area contributed by atoms with Crippen LogP contribution in [0.25, 0.3) is 0 Å². The second-order valence-corrected chi connectivity index (χ2v) is 3.33. The first-order valence-corrected chi connectivity index (χ1v) is 4.57. The van der Waals surface area contributed by atoms with Crippen LogP contribution in [0.15, 0.2) is 11.0 Å². The van der Waals surface area contributed by atoms with E-state index < -0.39 is 27.0 Å². The zero-order chi connectivity index (χ0) is 11.4. The monoisotopic (exact) mass is 246 g/mol. The SMILES string of the molecule is COC(=O)/C=C(/C(=O)OC)S(=O)(=O)[O-].[Na+]. The molecule has 0 N–H and O–H groups in total. The maximum Gasteiger partial charge on any atom is 1.00 e. The quantitative estimate of drug-likeness (QED) is 0.215. The molecule has 0 heterocycles. The van der Waals surface area contributed by atoms with Crippen LogP contribution in [0.3, 0.4) is 0 Å². The van der Waals surface area contributed by atoms with Crippen LogP contribution in [0.4, 0.5) is 0 Å². The van der Waals surface area contributed by atoms with Crippen LogP contribution in [-0.2, 0) is 29.2 Å². The molecule has 0 amide bonds. The molecule has 0 aromatic rings. The average Bonchev–Trinajstić information content (AvgIpc) is 2.10. The van der Waals surface area contributed by atoms with Gasteiger partial charge in [-0.3, -0.25) is 0 Å². The van der Waals surface area contributed by atoms with Gasteiger partial charge in [0.1, 0.15) is 15.0 Å². The van der Waals surface area contributed by atoms with Crippen molar-refractivity contribution in [1.82, 2.24) is 0 Å². The molecule has 9 heteroatoms. The normalized spacial score (nSPS) is 11.3. The maximum atomic E-state index is 10.7. The minimum Gasteiger partial charge on any atom is -0.744 e. The Morgan fingerprint density at radius 2 is 1.67 bits per heavy atom. The van der Waals surface area contributed by atoms with Gasteiger partial charge in [0, 0.05) is 6.08 Å². The fourth-order valence-corrected chi connectivity index (χ4v) is 1.03. The molecule has 0 spiro atoms. The van der Waals surface area contributed by atoms with Crippen molar-refractivity contribution in [3.8, 4) is 0 Å². The van der Waals surface area contributed by atoms with Crippen LogP contribution < -0.4 is 29.6 Å². The van der Waals surface area contributed by atoms with Crippen LogP contribution in [0.2, 0.25) is 0 Å². The van der Waals surface area contributed by atoms with Gasteiger partial charge >= 0.3 is 41.5 Å². The first kappa shape index (κ1) is 17.0. The van der Waals surface area contributed by atoms with Crippen molar-refractivity contribution in [3.63, 3.8) is 0 Å². The van der Waals surface area contributed by atoms with E-state index in [0.717, 1.165) is 14.2 Å². The molecule has 15 heavy (non-hydrogen) atoms. The molecule has 0 aliphatic heterocycles. The molecule has 0 aromatic heterocycles. The number of ether oxygens (including phenoxy) is 2. The first-order chi connectivity index (χ1) is 6.32. The molecule has 0 aromatic carbocycles. The summed E-state index contributed by atoms with van der Waals surface area (Å²) in [5, 5.41) is 0. The third-order valence-electron chi connectivity index (χ3n) is 1.11. The number of methoxy groups -OCH3 is 2. The van der Waals surface area contributed by atoms with Gasteiger partial charge in [-0.2, -0.15) is 0 Å². The summed E-state index contributed by atoms with van der Waals surface area (Å²) < 4.78 is 39.4. The third-order valence-corrected chi connectivity index (χ3v) is 1.93. The Kier molecular flexibility index (Phi) is 7.89. The third kappa shape index (κ3) is 5.90. The molecule has 80 valence electrons. The number of rotatable bonds is 3. The minimum absolute atomic E-state index is 0. The molecular formula is C6H7NaO7S. The molecule has 0 aliphatic rings. The molecule has 7 nitrogen and oxygen atoms in total. The van der Waals surface area contributed by atoms with Crippen molar-refractivity contribution in [1.29, 1.82) is 0 Å². The van der Waals surface area contributed by atoms with Crippen molar-refractivity contribution < 1.29 is 61.6 Å². The summed E-state index contributed by atoms with van der Waals surface area (Å²) in [6.45, 7) is 0. The number of esters is 2. The molecule has 0 fully saturated rings. The fraction of sp³-hybridized carbons (Fsp3) is 0.333. The largest absolute Gasteiger partial charge is 1.00 e. The van der Waals surface area contributed by atoms with E-state index in [1.807, 2.05) is 0 Å². The number of carbonyl (C=O) groups is 2. The van der Waals surface area contributed by atoms with E-state index in [4.69, 9.17) is 0 Å². The molecule has 0 rings (SSSR count). The number of hydrogen-bond donors (Lipinski definition) is 0. The van der Waals surface area contributed by atoms with Gasteiger partial charge in [0.2, 0.25) is 0 Å². The smallest absolute Gasteiger partial charge is 0.744 e. The van der Waals surface area contributed by atoms with Crippen LogP contribution in [0.1, 0.15) is 0 Å². The van der Waals surface area contributed by atoms with Gasteiger partial charge in [-0.25, -0.2) is 18.0 Å².